The van der Waals surface area contributed by atoms with Crippen molar-refractivity contribution in [3.63, 3.8) is 0 Å². The molecule has 2 amide bonds. The number of unbranched alkanes of at least 4 members (excludes halogenated alkanes) is 1. The van der Waals surface area contributed by atoms with E-state index in [0.717, 1.165) is 57.6 Å². The molecule has 6 heteroatoms. The molecular formula is C24H26BrN3O2. The van der Waals surface area contributed by atoms with Crippen LogP contribution >= 0.6 is 15.9 Å². The summed E-state index contributed by atoms with van der Waals surface area (Å²) in [5.41, 5.74) is 6.15. The number of alkyl halides is 1. The number of amides is 2. The zero-order chi connectivity index (χ0) is 21.3. The number of halogens is 1. The number of hydrogen-bond acceptors (Lipinski definition) is 3. The topological polar surface area (TPSA) is 49.6 Å². The van der Waals surface area contributed by atoms with Gasteiger partial charge in [0, 0.05) is 30.0 Å². The third-order valence-electron chi connectivity index (χ3n) is 5.75. The summed E-state index contributed by atoms with van der Waals surface area (Å²) in [5, 5.41) is 5.06. The zero-order valence-corrected chi connectivity index (χ0v) is 19.1. The highest BCUT2D eigenvalue weighted by atomic mass is 79.9. The van der Waals surface area contributed by atoms with Gasteiger partial charge in [0.15, 0.2) is 0 Å². The third kappa shape index (κ3) is 3.65. The molecule has 1 aliphatic heterocycles. The summed E-state index contributed by atoms with van der Waals surface area (Å²) in [6, 6.07) is 16.5. The van der Waals surface area contributed by atoms with E-state index in [-0.39, 0.29) is 12.1 Å². The average Bonchev–Trinajstić information content (AvgIpc) is 3.10. The second kappa shape index (κ2) is 8.64. The van der Waals surface area contributed by atoms with E-state index in [1.54, 1.807) is 4.90 Å². The molecule has 1 unspecified atom stereocenters. The fraction of sp³-hybridized carbons (Fsp3) is 0.333. The lowest BCUT2D eigenvalue weighted by atomic mass is 9.90. The maximum Gasteiger partial charge on any atom is 0.325 e. The molecule has 5 nitrogen and oxygen atoms in total. The van der Waals surface area contributed by atoms with Crippen LogP contribution in [0.3, 0.4) is 0 Å². The lowest BCUT2D eigenvalue weighted by molar-refractivity contribution is 0.187. The van der Waals surface area contributed by atoms with Crippen molar-refractivity contribution in [3.8, 4) is 11.1 Å². The van der Waals surface area contributed by atoms with Crippen molar-refractivity contribution in [2.45, 2.75) is 32.7 Å². The van der Waals surface area contributed by atoms with Crippen molar-refractivity contribution in [3.05, 3.63) is 71.1 Å². The molecule has 4 rings (SSSR count). The molecule has 0 saturated carbocycles. The molecule has 2 aromatic carbocycles. The first-order valence-corrected chi connectivity index (χ1v) is 11.4. The second-order valence-electron chi connectivity index (χ2n) is 7.72. The summed E-state index contributed by atoms with van der Waals surface area (Å²) in [4.78, 5) is 17.1. The lowest BCUT2D eigenvalue weighted by Crippen LogP contribution is -2.48. The number of rotatable bonds is 6. The minimum Gasteiger partial charge on any atom is -0.361 e. The van der Waals surface area contributed by atoms with E-state index in [4.69, 9.17) is 4.52 Å². The molecule has 0 saturated heterocycles. The molecule has 3 aromatic rings. The minimum absolute atomic E-state index is 0.0380. The van der Waals surface area contributed by atoms with Crippen LogP contribution in [0.15, 0.2) is 53.1 Å². The molecule has 0 spiro atoms. The number of aromatic nitrogens is 1. The quantitative estimate of drug-likeness (QED) is 0.325. The first-order valence-electron chi connectivity index (χ1n) is 10.3. The van der Waals surface area contributed by atoms with Gasteiger partial charge in [-0.3, -0.25) is 4.90 Å². The molecule has 1 atom stereocenters. The minimum atomic E-state index is -0.124. The number of aryl methyl sites for hydroxylation is 2. The zero-order valence-electron chi connectivity index (χ0n) is 17.6. The van der Waals surface area contributed by atoms with E-state index in [0.29, 0.717) is 6.54 Å². The molecular weight excluding hydrogens is 442 g/mol. The van der Waals surface area contributed by atoms with Crippen molar-refractivity contribution >= 4 is 27.6 Å². The number of carbonyl (C=O) groups is 1. The Hall–Kier alpha value is -2.60. The summed E-state index contributed by atoms with van der Waals surface area (Å²) < 4.78 is 5.40. The third-order valence-corrected chi connectivity index (χ3v) is 6.31. The Kier molecular flexibility index (Phi) is 5.95. The summed E-state index contributed by atoms with van der Waals surface area (Å²) in [6.45, 7) is 4.61. The Morgan fingerprint density at radius 1 is 1.10 bits per heavy atom. The monoisotopic (exact) mass is 467 g/mol. The van der Waals surface area contributed by atoms with Crippen molar-refractivity contribution in [1.29, 1.82) is 0 Å². The standard InChI is InChI=1S/C24H26BrN3O2/c1-16-22(17(2)30-26-16)19-11-12-21-20(15-19)23(18-9-5-4-6-10-18)28(14-8-7-13-25)24(29)27(21)3/h4-6,9-12,15,23H,7-8,13-14H2,1-3H3. The largest absolute Gasteiger partial charge is 0.361 e. The summed E-state index contributed by atoms with van der Waals surface area (Å²) in [6.07, 6.45) is 1.98. The average molecular weight is 468 g/mol. The van der Waals surface area contributed by atoms with E-state index >= 15 is 0 Å². The van der Waals surface area contributed by atoms with Gasteiger partial charge in [-0.25, -0.2) is 4.79 Å². The fourth-order valence-corrected chi connectivity index (χ4v) is 4.70. The number of anilines is 1. The maximum atomic E-state index is 13.3. The van der Waals surface area contributed by atoms with Crippen LogP contribution in [-0.4, -0.2) is 35.0 Å². The molecule has 0 bridgehead atoms. The summed E-state index contributed by atoms with van der Waals surface area (Å²) in [7, 11) is 1.86. The normalized spacial score (nSPS) is 16.1. The predicted octanol–water partition coefficient (Wildman–Crippen LogP) is 6.09. The van der Waals surface area contributed by atoms with Crippen molar-refractivity contribution in [2.75, 3.05) is 23.8 Å². The van der Waals surface area contributed by atoms with Gasteiger partial charge in [-0.15, -0.1) is 0 Å². The SMILES string of the molecule is Cc1noc(C)c1-c1ccc2c(c1)C(c1ccccc1)N(CCCCBr)C(=O)N2C. The number of hydrogen-bond donors (Lipinski definition) is 0. The van der Waals surface area contributed by atoms with E-state index < -0.39 is 0 Å². The number of carbonyl (C=O) groups excluding carboxylic acids is 1. The fourth-order valence-electron chi connectivity index (χ4n) is 4.30. The molecule has 1 aromatic heterocycles. The van der Waals surface area contributed by atoms with E-state index in [1.165, 1.54) is 0 Å². The molecule has 0 fully saturated rings. The Morgan fingerprint density at radius 2 is 1.87 bits per heavy atom. The highest BCUT2D eigenvalue weighted by Crippen LogP contribution is 2.42. The van der Waals surface area contributed by atoms with Gasteiger partial charge >= 0.3 is 6.03 Å². The first-order chi connectivity index (χ1) is 14.5. The second-order valence-corrected chi connectivity index (χ2v) is 8.51. The van der Waals surface area contributed by atoms with Gasteiger partial charge < -0.3 is 9.42 Å². The molecule has 30 heavy (non-hydrogen) atoms. The van der Waals surface area contributed by atoms with Crippen LogP contribution in [0.2, 0.25) is 0 Å². The molecule has 0 aliphatic carbocycles. The van der Waals surface area contributed by atoms with Crippen LogP contribution in [0, 0.1) is 13.8 Å². The van der Waals surface area contributed by atoms with Crippen LogP contribution in [0.1, 0.15) is 41.5 Å². The molecule has 2 heterocycles. The smallest absolute Gasteiger partial charge is 0.325 e. The predicted molar refractivity (Wildman–Crippen MR) is 123 cm³/mol. The van der Waals surface area contributed by atoms with Crippen LogP contribution in [0.4, 0.5) is 10.5 Å². The molecule has 1 aliphatic rings. The van der Waals surface area contributed by atoms with Crippen molar-refractivity contribution in [2.24, 2.45) is 0 Å². The number of nitrogens with zero attached hydrogens (tertiary/aromatic N) is 3. The summed E-state index contributed by atoms with van der Waals surface area (Å²) in [5.74, 6) is 0.804. The van der Waals surface area contributed by atoms with Gasteiger partial charge in [-0.2, -0.15) is 0 Å². The highest BCUT2D eigenvalue weighted by Gasteiger charge is 2.37. The van der Waals surface area contributed by atoms with Gasteiger partial charge in [-0.05, 0) is 49.9 Å². The summed E-state index contributed by atoms with van der Waals surface area (Å²) >= 11 is 3.50. The Bertz CT molecular complexity index is 1030. The van der Waals surface area contributed by atoms with E-state index in [1.807, 2.05) is 50.1 Å². The van der Waals surface area contributed by atoms with Gasteiger partial charge in [0.2, 0.25) is 0 Å². The number of fused-ring (bicyclic) bond motifs is 1. The van der Waals surface area contributed by atoms with Gasteiger partial charge in [-0.1, -0.05) is 57.5 Å². The van der Waals surface area contributed by atoms with Crippen molar-refractivity contribution < 1.29 is 9.32 Å². The molecule has 0 N–H and O–H groups in total. The Balaban J connectivity index is 1.86. The van der Waals surface area contributed by atoms with Crippen molar-refractivity contribution in [1.82, 2.24) is 10.1 Å². The first kappa shape index (κ1) is 20.7. The van der Waals surface area contributed by atoms with Gasteiger partial charge in [0.05, 0.1) is 17.4 Å². The number of benzene rings is 2. The van der Waals surface area contributed by atoms with E-state index in [9.17, 15) is 4.79 Å². The van der Waals surface area contributed by atoms with Crippen LogP contribution in [0.25, 0.3) is 11.1 Å². The maximum absolute atomic E-state index is 13.3. The van der Waals surface area contributed by atoms with Gasteiger partial charge in [0.1, 0.15) is 5.76 Å². The van der Waals surface area contributed by atoms with Crippen LogP contribution in [-0.2, 0) is 0 Å². The van der Waals surface area contributed by atoms with Gasteiger partial charge in [0.25, 0.3) is 0 Å². The lowest BCUT2D eigenvalue weighted by Gasteiger charge is -2.42. The Morgan fingerprint density at radius 3 is 2.53 bits per heavy atom. The van der Waals surface area contributed by atoms with Crippen LogP contribution < -0.4 is 4.90 Å². The molecule has 0 radical (unpaired) electrons. The number of urea groups is 1. The van der Waals surface area contributed by atoms with E-state index in [2.05, 4.69) is 45.4 Å². The van der Waals surface area contributed by atoms with Crippen LogP contribution in [0.5, 0.6) is 0 Å². The Labute approximate surface area is 185 Å². The molecule has 156 valence electrons. The highest BCUT2D eigenvalue weighted by molar-refractivity contribution is 9.09.